The maximum atomic E-state index is 14.0. The van der Waals surface area contributed by atoms with Gasteiger partial charge in [-0.05, 0) is 59.4 Å². The monoisotopic (exact) mass is 431 g/mol. The third-order valence-electron chi connectivity index (χ3n) is 5.57. The van der Waals surface area contributed by atoms with Gasteiger partial charge in [0.1, 0.15) is 5.82 Å². The van der Waals surface area contributed by atoms with Gasteiger partial charge in [-0.25, -0.2) is 11.0 Å². The maximum Gasteiger partial charge on any atom is 0.303 e. The second-order valence-corrected chi connectivity index (χ2v) is 8.94. The number of halogens is 1. The van der Waals surface area contributed by atoms with Crippen molar-refractivity contribution in [1.82, 2.24) is 0 Å². The fourth-order valence-electron chi connectivity index (χ4n) is 3.59. The van der Waals surface area contributed by atoms with Gasteiger partial charge in [-0.2, -0.15) is 0 Å². The quantitative estimate of drug-likeness (QED) is 0.307. The van der Waals surface area contributed by atoms with Crippen molar-refractivity contribution in [2.45, 2.75) is 37.6 Å². The lowest BCUT2D eigenvalue weighted by molar-refractivity contribution is -0.137. The second kappa shape index (κ2) is 8.87. The maximum absolute atomic E-state index is 14.0. The van der Waals surface area contributed by atoms with Crippen molar-refractivity contribution in [2.75, 3.05) is 0 Å². The highest BCUT2D eigenvalue weighted by Crippen LogP contribution is 2.53. The smallest absolute Gasteiger partial charge is 0.303 e. The normalized spacial score (nSPS) is 14.5. The predicted octanol–water partition coefficient (Wildman–Crippen LogP) is 7.04. The first kappa shape index (κ1) is 21.0. The molecule has 0 spiro atoms. The summed E-state index contributed by atoms with van der Waals surface area (Å²) in [5.74, 6) is -1.06. The molecule has 156 valence electrons. The highest BCUT2D eigenvalue weighted by Gasteiger charge is 2.53. The molecule has 3 nitrogen and oxygen atoms in total. The summed E-state index contributed by atoms with van der Waals surface area (Å²) >= 11 is 1.62. The van der Waals surface area contributed by atoms with Crippen LogP contribution in [0, 0.1) is 12.4 Å². The molecule has 1 aliphatic carbocycles. The van der Waals surface area contributed by atoms with Crippen molar-refractivity contribution in [3.05, 3.63) is 93.4 Å². The van der Waals surface area contributed by atoms with E-state index in [2.05, 4.69) is 4.85 Å². The standard InChI is InChI=1S/C26H22FNO2S/c1-28-26(15-16-26)24-14-13-23(31-24)22-12-11-21(27)17-20(22)10-9-19-7-5-18(6-8-19)3-2-4-25(29)30/h5-14,17H,2-4,15-16H2,(H,29,30)/b10-9+. The van der Waals surface area contributed by atoms with Crippen LogP contribution in [-0.2, 0) is 16.8 Å². The molecule has 2 aromatic carbocycles. The van der Waals surface area contributed by atoms with Crippen LogP contribution in [0.4, 0.5) is 4.39 Å². The molecule has 1 N–H and O–H groups in total. The van der Waals surface area contributed by atoms with Gasteiger partial charge in [0.05, 0.1) is 4.88 Å². The lowest BCUT2D eigenvalue weighted by atomic mass is 10.0. The van der Waals surface area contributed by atoms with Gasteiger partial charge in [-0.15, -0.1) is 11.3 Å². The average molecular weight is 432 g/mol. The van der Waals surface area contributed by atoms with E-state index in [4.69, 9.17) is 11.7 Å². The van der Waals surface area contributed by atoms with E-state index >= 15 is 0 Å². The minimum Gasteiger partial charge on any atom is -0.481 e. The summed E-state index contributed by atoms with van der Waals surface area (Å²) in [6.07, 6.45) is 7.23. The highest BCUT2D eigenvalue weighted by atomic mass is 32.1. The third-order valence-corrected chi connectivity index (χ3v) is 6.88. The Morgan fingerprint density at radius 1 is 1.13 bits per heavy atom. The van der Waals surface area contributed by atoms with Gasteiger partial charge in [0.2, 0.25) is 0 Å². The van der Waals surface area contributed by atoms with E-state index in [0.29, 0.717) is 6.42 Å². The number of carbonyl (C=O) groups is 1. The number of aliphatic carboxylic acids is 1. The van der Waals surface area contributed by atoms with Crippen molar-refractivity contribution < 1.29 is 14.3 Å². The summed E-state index contributed by atoms with van der Waals surface area (Å²) in [7, 11) is 0. The van der Waals surface area contributed by atoms with E-state index < -0.39 is 5.97 Å². The number of nitrogens with zero attached hydrogens (tertiary/aromatic N) is 1. The molecular weight excluding hydrogens is 409 g/mol. The van der Waals surface area contributed by atoms with E-state index in [1.54, 1.807) is 17.4 Å². The molecule has 31 heavy (non-hydrogen) atoms. The Kier molecular flexibility index (Phi) is 6.01. The SMILES string of the molecule is [C-]#[N+]C1(c2ccc(-c3ccc(F)cc3/C=C/c3ccc(CCCC(=O)O)cc3)s2)CC1. The Balaban J connectivity index is 1.52. The number of benzene rings is 2. The first-order valence-corrected chi connectivity index (χ1v) is 11.1. The molecular formula is C26H22FNO2S. The number of hydrogen-bond donors (Lipinski definition) is 1. The van der Waals surface area contributed by atoms with E-state index in [0.717, 1.165) is 51.3 Å². The van der Waals surface area contributed by atoms with Crippen molar-refractivity contribution >= 4 is 29.5 Å². The fourth-order valence-corrected chi connectivity index (χ4v) is 4.83. The summed E-state index contributed by atoms with van der Waals surface area (Å²) < 4.78 is 14.0. The van der Waals surface area contributed by atoms with Crippen LogP contribution in [0.15, 0.2) is 54.6 Å². The molecule has 1 saturated carbocycles. The van der Waals surface area contributed by atoms with Crippen molar-refractivity contribution in [3.8, 4) is 10.4 Å². The number of carboxylic acids is 1. The summed E-state index contributed by atoms with van der Waals surface area (Å²) in [6.45, 7) is 7.47. The highest BCUT2D eigenvalue weighted by molar-refractivity contribution is 7.15. The summed E-state index contributed by atoms with van der Waals surface area (Å²) in [6, 6.07) is 16.8. The van der Waals surface area contributed by atoms with Crippen LogP contribution in [-0.4, -0.2) is 11.1 Å². The van der Waals surface area contributed by atoms with Gasteiger partial charge >= 0.3 is 5.97 Å². The van der Waals surface area contributed by atoms with Gasteiger partial charge in [0, 0.05) is 24.1 Å². The molecule has 1 fully saturated rings. The van der Waals surface area contributed by atoms with Gasteiger partial charge in [0.25, 0.3) is 5.54 Å². The molecule has 3 aromatic rings. The Bertz CT molecular complexity index is 1170. The number of aryl methyl sites for hydroxylation is 1. The molecule has 0 bridgehead atoms. The molecule has 4 rings (SSSR count). The zero-order valence-corrected chi connectivity index (χ0v) is 17.8. The van der Waals surface area contributed by atoms with E-state index in [-0.39, 0.29) is 17.8 Å². The minimum absolute atomic E-state index is 0.172. The van der Waals surface area contributed by atoms with Crippen LogP contribution in [0.3, 0.4) is 0 Å². The molecule has 0 amide bonds. The zero-order chi connectivity index (χ0) is 21.8. The fraction of sp³-hybridized carbons (Fsp3) is 0.231. The van der Waals surface area contributed by atoms with Crippen LogP contribution in [0.2, 0.25) is 0 Å². The van der Waals surface area contributed by atoms with Crippen molar-refractivity contribution in [3.63, 3.8) is 0 Å². The lowest BCUT2D eigenvalue weighted by Gasteiger charge is -2.05. The van der Waals surface area contributed by atoms with Gasteiger partial charge in [-0.1, -0.05) is 42.5 Å². The zero-order valence-electron chi connectivity index (χ0n) is 17.0. The Labute approximate surface area is 185 Å². The van der Waals surface area contributed by atoms with Crippen LogP contribution in [0.25, 0.3) is 27.4 Å². The molecule has 1 aliphatic rings. The molecule has 1 heterocycles. The van der Waals surface area contributed by atoms with E-state index in [1.165, 1.54) is 12.1 Å². The third kappa shape index (κ3) is 4.92. The van der Waals surface area contributed by atoms with Gasteiger partial charge in [0.15, 0.2) is 0 Å². The van der Waals surface area contributed by atoms with E-state index in [9.17, 15) is 9.18 Å². The van der Waals surface area contributed by atoms with Crippen LogP contribution in [0.5, 0.6) is 0 Å². The first-order chi connectivity index (χ1) is 15.0. The summed E-state index contributed by atoms with van der Waals surface area (Å²) in [4.78, 5) is 16.6. The molecule has 0 aliphatic heterocycles. The van der Waals surface area contributed by atoms with Crippen LogP contribution < -0.4 is 0 Å². The molecule has 0 unspecified atom stereocenters. The van der Waals surface area contributed by atoms with Gasteiger partial charge in [-0.3, -0.25) is 4.79 Å². The Hall–Kier alpha value is -3.23. The summed E-state index contributed by atoms with van der Waals surface area (Å²) in [5, 5.41) is 8.75. The van der Waals surface area contributed by atoms with Crippen molar-refractivity contribution in [2.24, 2.45) is 0 Å². The van der Waals surface area contributed by atoms with Crippen LogP contribution in [0.1, 0.15) is 47.3 Å². The Morgan fingerprint density at radius 3 is 2.58 bits per heavy atom. The van der Waals surface area contributed by atoms with Gasteiger partial charge < -0.3 is 9.95 Å². The Morgan fingerprint density at radius 2 is 1.90 bits per heavy atom. The van der Waals surface area contributed by atoms with Crippen LogP contribution >= 0.6 is 11.3 Å². The topological polar surface area (TPSA) is 41.7 Å². The van der Waals surface area contributed by atoms with E-state index in [1.807, 2.05) is 48.6 Å². The molecule has 0 atom stereocenters. The number of carboxylic acid groups (broad SMARTS) is 1. The molecule has 0 radical (unpaired) electrons. The molecule has 1 aromatic heterocycles. The molecule has 0 saturated heterocycles. The largest absolute Gasteiger partial charge is 0.481 e. The summed E-state index contributed by atoms with van der Waals surface area (Å²) in [5.41, 5.74) is 3.52. The number of thiophene rings is 1. The number of rotatable bonds is 8. The number of hydrogen-bond acceptors (Lipinski definition) is 2. The molecule has 5 heteroatoms. The predicted molar refractivity (Wildman–Crippen MR) is 123 cm³/mol. The average Bonchev–Trinajstić information content (AvgIpc) is 3.41. The minimum atomic E-state index is -0.773. The second-order valence-electron chi connectivity index (χ2n) is 7.86. The van der Waals surface area contributed by atoms with Crippen molar-refractivity contribution in [1.29, 1.82) is 0 Å². The first-order valence-electron chi connectivity index (χ1n) is 10.3. The lowest BCUT2D eigenvalue weighted by Crippen LogP contribution is -1.95.